The Balaban J connectivity index is 1.34. The number of aromatic nitrogens is 2. The second kappa shape index (κ2) is 12.5. The van der Waals surface area contributed by atoms with Crippen LogP contribution in [0.3, 0.4) is 0 Å². The van der Waals surface area contributed by atoms with E-state index in [1.165, 1.54) is 11.6 Å². The van der Waals surface area contributed by atoms with Crippen molar-refractivity contribution in [1.82, 2.24) is 15.3 Å². The largest absolute Gasteiger partial charge is 0.500 e. The molecule has 0 aliphatic carbocycles. The van der Waals surface area contributed by atoms with Crippen LogP contribution in [-0.2, 0) is 6.61 Å². The molecule has 8 nitrogen and oxygen atoms in total. The van der Waals surface area contributed by atoms with Gasteiger partial charge in [-0.3, -0.25) is 0 Å². The first-order chi connectivity index (χ1) is 19.6. The van der Waals surface area contributed by atoms with Gasteiger partial charge in [0.15, 0.2) is 0 Å². The zero-order chi connectivity index (χ0) is 27.9. The molecule has 4 aromatic rings. The fourth-order valence-electron chi connectivity index (χ4n) is 4.77. The molecule has 0 spiro atoms. The monoisotopic (exact) mass is 538 g/mol. The van der Waals surface area contributed by atoms with E-state index in [0.717, 1.165) is 42.9 Å². The molecule has 0 atom stereocenters. The first kappa shape index (κ1) is 26.9. The minimum absolute atomic E-state index is 0.0130. The molecule has 0 unspecified atom stereocenters. The maximum atomic E-state index is 14.0. The average molecular weight is 539 g/mol. The quantitative estimate of drug-likeness (QED) is 0.198. The van der Waals surface area contributed by atoms with Gasteiger partial charge >= 0.3 is 0 Å². The number of aryl methyl sites for hydroxylation is 1. The van der Waals surface area contributed by atoms with E-state index in [0.29, 0.717) is 34.7 Å². The molecular formula is C31H31FN6O2. The van der Waals surface area contributed by atoms with Crippen LogP contribution in [0.5, 0.6) is 11.5 Å². The molecule has 1 aliphatic heterocycles. The Morgan fingerprint density at radius 3 is 2.65 bits per heavy atom. The van der Waals surface area contributed by atoms with Crippen LogP contribution in [0.2, 0.25) is 0 Å². The van der Waals surface area contributed by atoms with Gasteiger partial charge in [-0.25, -0.2) is 14.2 Å². The van der Waals surface area contributed by atoms with E-state index in [1.807, 2.05) is 19.1 Å². The maximum Gasteiger partial charge on any atom is 0.250 e. The van der Waals surface area contributed by atoms with Gasteiger partial charge in [-0.05, 0) is 68.6 Å². The molecule has 0 radical (unpaired) electrons. The Kier molecular flexibility index (Phi) is 8.38. The predicted octanol–water partition coefficient (Wildman–Crippen LogP) is 7.02. The second-order valence-electron chi connectivity index (χ2n) is 9.60. The van der Waals surface area contributed by atoms with Crippen LogP contribution in [0.25, 0.3) is 4.85 Å². The maximum absolute atomic E-state index is 14.0. The topological polar surface area (TPSA) is 84.7 Å². The summed E-state index contributed by atoms with van der Waals surface area (Å²) in [6.45, 7) is 11.7. The molecule has 40 heavy (non-hydrogen) atoms. The van der Waals surface area contributed by atoms with Gasteiger partial charge in [-0.2, -0.15) is 4.98 Å². The SMILES string of the molecule is [C-]#[N+]c1c(Nc2nc(Nc3ccc(C4CCNCC4)c(OC)c3)ncc2C)cccc1OCc1ccccc1F. The van der Waals surface area contributed by atoms with Gasteiger partial charge in [0.2, 0.25) is 5.95 Å². The standard InChI is InChI=1S/C31H31FN6O2/c1-20-18-35-31(36-23-11-12-24(28(17-23)39-3)21-13-15-34-16-14-21)38-30(20)37-26-9-6-10-27(29(26)33-2)40-19-22-7-4-5-8-25(22)32/h4-12,17-18,21,34H,13-16,19H2,1,3H3,(H2,35,36,37,38). The van der Waals surface area contributed by atoms with Crippen LogP contribution < -0.4 is 25.4 Å². The Morgan fingerprint density at radius 2 is 1.88 bits per heavy atom. The smallest absolute Gasteiger partial charge is 0.250 e. The number of rotatable bonds is 9. The summed E-state index contributed by atoms with van der Waals surface area (Å²) in [6.07, 6.45) is 3.89. The van der Waals surface area contributed by atoms with E-state index in [-0.39, 0.29) is 18.1 Å². The highest BCUT2D eigenvalue weighted by Gasteiger charge is 2.19. The number of methoxy groups -OCH3 is 1. The Hall–Kier alpha value is -4.68. The molecule has 1 fully saturated rings. The van der Waals surface area contributed by atoms with Crippen LogP contribution in [0.1, 0.15) is 35.4 Å². The van der Waals surface area contributed by atoms with Gasteiger partial charge in [0.05, 0.1) is 13.7 Å². The van der Waals surface area contributed by atoms with E-state index >= 15 is 0 Å². The molecule has 3 aromatic carbocycles. The van der Waals surface area contributed by atoms with Crippen molar-refractivity contribution < 1.29 is 13.9 Å². The Bertz CT molecular complexity index is 1530. The van der Waals surface area contributed by atoms with E-state index in [4.69, 9.17) is 16.0 Å². The molecule has 204 valence electrons. The van der Waals surface area contributed by atoms with Crippen molar-refractivity contribution in [3.8, 4) is 11.5 Å². The average Bonchev–Trinajstić information content (AvgIpc) is 2.99. The van der Waals surface area contributed by atoms with Crippen LogP contribution in [0, 0.1) is 19.3 Å². The summed E-state index contributed by atoms with van der Waals surface area (Å²) in [4.78, 5) is 12.8. The fourth-order valence-corrected chi connectivity index (χ4v) is 4.77. The molecule has 2 heterocycles. The highest BCUT2D eigenvalue weighted by Crippen LogP contribution is 2.38. The Labute approximate surface area is 233 Å². The van der Waals surface area contributed by atoms with Crippen molar-refractivity contribution in [2.24, 2.45) is 0 Å². The number of benzene rings is 3. The molecule has 1 saturated heterocycles. The summed E-state index contributed by atoms with van der Waals surface area (Å²) >= 11 is 0. The molecule has 9 heteroatoms. The number of piperidine rings is 1. The van der Waals surface area contributed by atoms with Crippen molar-refractivity contribution in [3.05, 3.63) is 101 Å². The third-order valence-electron chi connectivity index (χ3n) is 6.95. The molecular weight excluding hydrogens is 507 g/mol. The molecule has 1 aromatic heterocycles. The van der Waals surface area contributed by atoms with Crippen molar-refractivity contribution >= 4 is 28.8 Å². The van der Waals surface area contributed by atoms with E-state index in [9.17, 15) is 4.39 Å². The lowest BCUT2D eigenvalue weighted by Crippen LogP contribution is -2.26. The molecule has 5 rings (SSSR count). The number of anilines is 4. The van der Waals surface area contributed by atoms with Crippen molar-refractivity contribution in [1.29, 1.82) is 0 Å². The van der Waals surface area contributed by atoms with E-state index in [2.05, 4.69) is 36.8 Å². The van der Waals surface area contributed by atoms with E-state index < -0.39 is 0 Å². The third kappa shape index (κ3) is 6.14. The molecule has 0 amide bonds. The lowest BCUT2D eigenvalue weighted by molar-refractivity contribution is 0.302. The summed E-state index contributed by atoms with van der Waals surface area (Å²) in [5, 5.41) is 9.93. The van der Waals surface area contributed by atoms with Gasteiger partial charge < -0.3 is 25.4 Å². The van der Waals surface area contributed by atoms with Gasteiger partial charge in [0.25, 0.3) is 5.69 Å². The summed E-state index contributed by atoms with van der Waals surface area (Å²) < 4.78 is 25.6. The number of nitrogens with zero attached hydrogens (tertiary/aromatic N) is 3. The van der Waals surface area contributed by atoms with Crippen LogP contribution >= 0.6 is 0 Å². The van der Waals surface area contributed by atoms with Crippen LogP contribution in [-0.4, -0.2) is 30.2 Å². The first-order valence-electron chi connectivity index (χ1n) is 13.2. The molecule has 3 N–H and O–H groups in total. The fraction of sp³-hybridized carbons (Fsp3) is 0.258. The zero-order valence-electron chi connectivity index (χ0n) is 22.5. The van der Waals surface area contributed by atoms with Gasteiger partial charge in [0, 0.05) is 34.8 Å². The minimum atomic E-state index is -0.351. The molecule has 1 aliphatic rings. The lowest BCUT2D eigenvalue weighted by atomic mass is 9.89. The third-order valence-corrected chi connectivity index (χ3v) is 6.95. The molecule has 0 saturated carbocycles. The highest BCUT2D eigenvalue weighted by atomic mass is 19.1. The van der Waals surface area contributed by atoms with Crippen LogP contribution in [0.4, 0.5) is 33.2 Å². The number of halogens is 1. The second-order valence-corrected chi connectivity index (χ2v) is 9.60. The van der Waals surface area contributed by atoms with Crippen molar-refractivity contribution in [3.63, 3.8) is 0 Å². The van der Waals surface area contributed by atoms with Crippen LogP contribution in [0.15, 0.2) is 66.9 Å². The lowest BCUT2D eigenvalue weighted by Gasteiger charge is -2.25. The van der Waals surface area contributed by atoms with Gasteiger partial charge in [0.1, 0.15) is 29.7 Å². The van der Waals surface area contributed by atoms with Gasteiger partial charge in [-0.1, -0.05) is 30.3 Å². The Morgan fingerprint density at radius 1 is 1.05 bits per heavy atom. The first-order valence-corrected chi connectivity index (χ1v) is 13.2. The van der Waals surface area contributed by atoms with E-state index in [1.54, 1.807) is 49.7 Å². The van der Waals surface area contributed by atoms with Gasteiger partial charge in [-0.15, -0.1) is 0 Å². The summed E-state index contributed by atoms with van der Waals surface area (Å²) in [6, 6.07) is 17.8. The molecule has 0 bridgehead atoms. The number of nitrogens with one attached hydrogen (secondary N) is 3. The number of hydrogen-bond donors (Lipinski definition) is 3. The predicted molar refractivity (Wildman–Crippen MR) is 155 cm³/mol. The summed E-state index contributed by atoms with van der Waals surface area (Å²) in [5.74, 6) is 2.27. The highest BCUT2D eigenvalue weighted by molar-refractivity contribution is 5.80. The number of ether oxygens (including phenoxy) is 2. The normalized spacial score (nSPS) is 13.3. The van der Waals surface area contributed by atoms with Crippen molar-refractivity contribution in [2.45, 2.75) is 32.3 Å². The summed E-state index contributed by atoms with van der Waals surface area (Å²) in [5.41, 5.74) is 4.06. The number of para-hydroxylation sites is 1. The minimum Gasteiger partial charge on any atom is -0.500 e. The number of hydrogen-bond acceptors (Lipinski definition) is 7. The van der Waals surface area contributed by atoms with Crippen molar-refractivity contribution in [2.75, 3.05) is 30.8 Å². The zero-order valence-corrected chi connectivity index (χ0v) is 22.5. The summed E-state index contributed by atoms with van der Waals surface area (Å²) in [7, 11) is 1.69.